The lowest BCUT2D eigenvalue weighted by Crippen LogP contribution is -2.32. The number of nitrogens with one attached hydrogen (secondary N) is 2. The van der Waals surface area contributed by atoms with Crippen molar-refractivity contribution in [1.82, 2.24) is 5.32 Å². The van der Waals surface area contributed by atoms with Gasteiger partial charge in [0.25, 0.3) is 0 Å². The van der Waals surface area contributed by atoms with Crippen LogP contribution >= 0.6 is 12.2 Å². The van der Waals surface area contributed by atoms with Crippen molar-refractivity contribution >= 4 is 35.0 Å². The van der Waals surface area contributed by atoms with Gasteiger partial charge in [-0.3, -0.25) is 10.1 Å². The Kier molecular flexibility index (Phi) is 5.07. The zero-order valence-electron chi connectivity index (χ0n) is 11.8. The van der Waals surface area contributed by atoms with Gasteiger partial charge in [-0.1, -0.05) is 0 Å². The van der Waals surface area contributed by atoms with E-state index in [1.165, 1.54) is 6.08 Å². The molecule has 1 aromatic carbocycles. The minimum atomic E-state index is -0.361. The SMILES string of the molecule is Cc1ccc(C=CC(=O)NC(=S)Nc2ccc(C#N)cc2)o1. The lowest BCUT2D eigenvalue weighted by molar-refractivity contribution is -0.115. The number of carbonyl (C=O) groups excluding carboxylic acids is 1. The zero-order chi connectivity index (χ0) is 15.9. The van der Waals surface area contributed by atoms with Gasteiger partial charge in [-0.25, -0.2) is 0 Å². The van der Waals surface area contributed by atoms with Gasteiger partial charge in [-0.2, -0.15) is 5.26 Å². The van der Waals surface area contributed by atoms with E-state index in [4.69, 9.17) is 21.9 Å². The summed E-state index contributed by atoms with van der Waals surface area (Å²) in [6, 6.07) is 12.3. The molecule has 0 bridgehead atoms. The first-order valence-electron chi connectivity index (χ1n) is 6.43. The van der Waals surface area contributed by atoms with Gasteiger partial charge in [-0.15, -0.1) is 0 Å². The predicted molar refractivity (Wildman–Crippen MR) is 88.0 cm³/mol. The second kappa shape index (κ2) is 7.20. The fraction of sp³-hybridized carbons (Fsp3) is 0.0625. The number of amides is 1. The number of anilines is 1. The van der Waals surface area contributed by atoms with E-state index in [0.717, 1.165) is 5.76 Å². The van der Waals surface area contributed by atoms with Crippen LogP contribution in [0, 0.1) is 18.3 Å². The molecule has 0 aliphatic carbocycles. The Morgan fingerprint density at radius 1 is 1.27 bits per heavy atom. The average molecular weight is 311 g/mol. The Hall–Kier alpha value is -2.91. The second-order valence-electron chi connectivity index (χ2n) is 4.41. The predicted octanol–water partition coefficient (Wildman–Crippen LogP) is 2.99. The Morgan fingerprint density at radius 2 is 2.00 bits per heavy atom. The molecule has 0 fully saturated rings. The summed E-state index contributed by atoms with van der Waals surface area (Å²) >= 11 is 5.04. The maximum atomic E-state index is 11.7. The highest BCUT2D eigenvalue weighted by atomic mass is 32.1. The van der Waals surface area contributed by atoms with Crippen LogP contribution in [0.3, 0.4) is 0 Å². The normalized spacial score (nSPS) is 10.2. The number of furan rings is 1. The summed E-state index contributed by atoms with van der Waals surface area (Å²) in [5.74, 6) is 1.01. The van der Waals surface area contributed by atoms with Gasteiger partial charge in [0.1, 0.15) is 11.5 Å². The topological polar surface area (TPSA) is 78.1 Å². The van der Waals surface area contributed by atoms with E-state index < -0.39 is 0 Å². The van der Waals surface area contributed by atoms with E-state index in [2.05, 4.69) is 10.6 Å². The van der Waals surface area contributed by atoms with Crippen LogP contribution in [-0.2, 0) is 4.79 Å². The summed E-state index contributed by atoms with van der Waals surface area (Å²) in [7, 11) is 0. The largest absolute Gasteiger partial charge is 0.462 e. The molecular formula is C16H13N3O2S. The molecule has 0 aliphatic rings. The molecule has 0 spiro atoms. The van der Waals surface area contributed by atoms with Gasteiger partial charge in [0.15, 0.2) is 5.11 Å². The Balaban J connectivity index is 1.87. The number of aryl methyl sites for hydroxylation is 1. The van der Waals surface area contributed by atoms with E-state index in [-0.39, 0.29) is 11.0 Å². The third-order valence-corrected chi connectivity index (χ3v) is 2.87. The van der Waals surface area contributed by atoms with Gasteiger partial charge < -0.3 is 9.73 Å². The fourth-order valence-corrected chi connectivity index (χ4v) is 1.86. The number of rotatable bonds is 3. The van der Waals surface area contributed by atoms with E-state index in [1.807, 2.05) is 19.1 Å². The minimum Gasteiger partial charge on any atom is -0.462 e. The second-order valence-corrected chi connectivity index (χ2v) is 4.82. The summed E-state index contributed by atoms with van der Waals surface area (Å²) in [5, 5.41) is 14.3. The Labute approximate surface area is 133 Å². The van der Waals surface area contributed by atoms with Crippen molar-refractivity contribution in [3.05, 3.63) is 59.6 Å². The maximum Gasteiger partial charge on any atom is 0.250 e. The number of thiocarbonyl (C=S) groups is 1. The molecule has 22 heavy (non-hydrogen) atoms. The van der Waals surface area contributed by atoms with Gasteiger partial charge in [0, 0.05) is 11.8 Å². The summed E-state index contributed by atoms with van der Waals surface area (Å²) < 4.78 is 5.31. The molecule has 0 saturated heterocycles. The summed E-state index contributed by atoms with van der Waals surface area (Å²) in [4.78, 5) is 11.7. The molecule has 2 rings (SSSR count). The van der Waals surface area contributed by atoms with E-state index in [1.54, 1.807) is 36.4 Å². The van der Waals surface area contributed by atoms with Crippen LogP contribution < -0.4 is 10.6 Å². The molecule has 0 atom stereocenters. The average Bonchev–Trinajstić information content (AvgIpc) is 2.91. The summed E-state index contributed by atoms with van der Waals surface area (Å²) in [6.07, 6.45) is 2.90. The van der Waals surface area contributed by atoms with Crippen LogP contribution in [0.5, 0.6) is 0 Å². The van der Waals surface area contributed by atoms with E-state index in [9.17, 15) is 4.79 Å². The third kappa shape index (κ3) is 4.58. The molecule has 5 nitrogen and oxygen atoms in total. The van der Waals surface area contributed by atoms with Crippen molar-refractivity contribution in [3.8, 4) is 6.07 Å². The molecule has 110 valence electrons. The molecule has 1 amide bonds. The van der Waals surface area contributed by atoms with Gasteiger partial charge >= 0.3 is 0 Å². The first-order valence-corrected chi connectivity index (χ1v) is 6.84. The third-order valence-electron chi connectivity index (χ3n) is 2.67. The van der Waals surface area contributed by atoms with Crippen LogP contribution in [0.2, 0.25) is 0 Å². The highest BCUT2D eigenvalue weighted by molar-refractivity contribution is 7.80. The van der Waals surface area contributed by atoms with Crippen molar-refractivity contribution in [3.63, 3.8) is 0 Å². The van der Waals surface area contributed by atoms with Crippen molar-refractivity contribution < 1.29 is 9.21 Å². The van der Waals surface area contributed by atoms with Crippen molar-refractivity contribution in [2.45, 2.75) is 6.92 Å². The van der Waals surface area contributed by atoms with Crippen LogP contribution in [0.4, 0.5) is 5.69 Å². The number of hydrogen-bond donors (Lipinski definition) is 2. The Morgan fingerprint density at radius 3 is 2.59 bits per heavy atom. The number of carbonyl (C=O) groups is 1. The van der Waals surface area contributed by atoms with Crippen molar-refractivity contribution in [2.75, 3.05) is 5.32 Å². The first-order chi connectivity index (χ1) is 10.6. The van der Waals surface area contributed by atoms with Crippen LogP contribution in [0.1, 0.15) is 17.1 Å². The van der Waals surface area contributed by atoms with Gasteiger partial charge in [0.05, 0.1) is 11.6 Å². The number of hydrogen-bond acceptors (Lipinski definition) is 4. The number of nitriles is 1. The highest BCUT2D eigenvalue weighted by Gasteiger charge is 2.02. The molecule has 0 unspecified atom stereocenters. The quantitative estimate of drug-likeness (QED) is 0.673. The van der Waals surface area contributed by atoms with Gasteiger partial charge in [-0.05, 0) is 61.6 Å². The fourth-order valence-electron chi connectivity index (χ4n) is 1.64. The minimum absolute atomic E-state index is 0.176. The Bertz CT molecular complexity index is 754. The molecule has 1 aromatic heterocycles. The lowest BCUT2D eigenvalue weighted by Gasteiger charge is -2.07. The number of nitrogens with zero attached hydrogens (tertiary/aromatic N) is 1. The van der Waals surface area contributed by atoms with Crippen LogP contribution in [0.15, 0.2) is 46.9 Å². The standard InChI is InChI=1S/C16H13N3O2S/c1-11-2-7-14(21-11)8-9-15(20)19-16(22)18-13-5-3-12(10-17)4-6-13/h2-9H,1H3,(H2,18,19,20,22). The zero-order valence-corrected chi connectivity index (χ0v) is 12.6. The molecule has 0 radical (unpaired) electrons. The first kappa shape index (κ1) is 15.5. The molecule has 2 N–H and O–H groups in total. The van der Waals surface area contributed by atoms with E-state index >= 15 is 0 Å². The van der Waals surface area contributed by atoms with Crippen LogP contribution in [-0.4, -0.2) is 11.0 Å². The molecular weight excluding hydrogens is 298 g/mol. The smallest absolute Gasteiger partial charge is 0.250 e. The summed E-state index contributed by atoms with van der Waals surface area (Å²) in [5.41, 5.74) is 1.24. The molecule has 0 aliphatic heterocycles. The van der Waals surface area contributed by atoms with Crippen molar-refractivity contribution in [2.24, 2.45) is 0 Å². The molecule has 0 saturated carbocycles. The van der Waals surface area contributed by atoms with Crippen LogP contribution in [0.25, 0.3) is 6.08 Å². The monoisotopic (exact) mass is 311 g/mol. The maximum absolute atomic E-state index is 11.7. The number of benzene rings is 1. The van der Waals surface area contributed by atoms with E-state index in [0.29, 0.717) is 17.0 Å². The highest BCUT2D eigenvalue weighted by Crippen LogP contribution is 2.09. The lowest BCUT2D eigenvalue weighted by atomic mass is 10.2. The summed E-state index contributed by atoms with van der Waals surface area (Å²) in [6.45, 7) is 1.83. The van der Waals surface area contributed by atoms with Crippen molar-refractivity contribution in [1.29, 1.82) is 5.26 Å². The molecule has 1 heterocycles. The molecule has 6 heteroatoms. The molecule has 2 aromatic rings. The van der Waals surface area contributed by atoms with Gasteiger partial charge in [0.2, 0.25) is 5.91 Å².